The second-order valence-corrected chi connectivity index (χ2v) is 6.55. The molecule has 0 fully saturated rings. The number of hydrogen-bond acceptors (Lipinski definition) is 2. The standard InChI is InChI=1S/C19H24N2O/c1-14(2)12-21-18(22)19(3,4)17-9-7-15(8-10-17)16-6-5-11-20-13-16/h5-11,13-14H,12H2,1-4H3,(H,21,22). The van der Waals surface area contributed by atoms with E-state index in [4.69, 9.17) is 0 Å². The molecule has 1 aromatic heterocycles. The van der Waals surface area contributed by atoms with E-state index in [9.17, 15) is 4.79 Å². The number of amides is 1. The van der Waals surface area contributed by atoms with Crippen LogP contribution in [0.15, 0.2) is 48.8 Å². The van der Waals surface area contributed by atoms with E-state index in [1.807, 2.05) is 56.4 Å². The molecule has 22 heavy (non-hydrogen) atoms. The van der Waals surface area contributed by atoms with Crippen molar-refractivity contribution in [2.75, 3.05) is 6.54 Å². The molecule has 3 heteroatoms. The monoisotopic (exact) mass is 296 g/mol. The van der Waals surface area contributed by atoms with Crippen LogP contribution in [0.2, 0.25) is 0 Å². The molecule has 0 aliphatic heterocycles. The van der Waals surface area contributed by atoms with Gasteiger partial charge in [0, 0.05) is 18.9 Å². The summed E-state index contributed by atoms with van der Waals surface area (Å²) in [5.41, 5.74) is 2.66. The topological polar surface area (TPSA) is 42.0 Å². The summed E-state index contributed by atoms with van der Waals surface area (Å²) in [6.07, 6.45) is 3.61. The Morgan fingerprint density at radius 2 is 1.82 bits per heavy atom. The van der Waals surface area contributed by atoms with Gasteiger partial charge in [-0.1, -0.05) is 44.2 Å². The average Bonchev–Trinajstić information content (AvgIpc) is 2.53. The lowest BCUT2D eigenvalue weighted by Crippen LogP contribution is -2.41. The van der Waals surface area contributed by atoms with E-state index in [1.54, 1.807) is 6.20 Å². The molecule has 0 saturated heterocycles. The van der Waals surface area contributed by atoms with Crippen LogP contribution in [0.5, 0.6) is 0 Å². The Balaban J connectivity index is 2.17. The molecule has 3 nitrogen and oxygen atoms in total. The second kappa shape index (κ2) is 6.73. The molecule has 0 aliphatic carbocycles. The quantitative estimate of drug-likeness (QED) is 0.912. The van der Waals surface area contributed by atoms with Crippen molar-refractivity contribution in [3.05, 3.63) is 54.4 Å². The van der Waals surface area contributed by atoms with Gasteiger partial charge in [0.15, 0.2) is 0 Å². The highest BCUT2D eigenvalue weighted by molar-refractivity contribution is 5.87. The highest BCUT2D eigenvalue weighted by Gasteiger charge is 2.29. The first kappa shape index (κ1) is 16.2. The van der Waals surface area contributed by atoms with Crippen LogP contribution in [0.3, 0.4) is 0 Å². The number of carbonyl (C=O) groups excluding carboxylic acids is 1. The summed E-state index contributed by atoms with van der Waals surface area (Å²) < 4.78 is 0. The first-order valence-electron chi connectivity index (χ1n) is 7.70. The Morgan fingerprint density at radius 3 is 2.36 bits per heavy atom. The normalized spacial score (nSPS) is 11.5. The summed E-state index contributed by atoms with van der Waals surface area (Å²) in [6, 6.07) is 12.1. The smallest absolute Gasteiger partial charge is 0.230 e. The molecule has 116 valence electrons. The predicted octanol–water partition coefficient (Wildman–Crippen LogP) is 3.80. The van der Waals surface area contributed by atoms with Gasteiger partial charge < -0.3 is 5.32 Å². The van der Waals surface area contributed by atoms with Crippen molar-refractivity contribution >= 4 is 5.91 Å². The lowest BCUT2D eigenvalue weighted by molar-refractivity contribution is -0.125. The van der Waals surface area contributed by atoms with E-state index in [0.29, 0.717) is 12.5 Å². The lowest BCUT2D eigenvalue weighted by atomic mass is 9.83. The fraction of sp³-hybridized carbons (Fsp3) is 0.368. The minimum atomic E-state index is -0.539. The van der Waals surface area contributed by atoms with Crippen molar-refractivity contribution < 1.29 is 4.79 Å². The van der Waals surface area contributed by atoms with Gasteiger partial charge in [-0.3, -0.25) is 9.78 Å². The summed E-state index contributed by atoms with van der Waals surface area (Å²) in [5.74, 6) is 0.517. The van der Waals surface area contributed by atoms with Crippen LogP contribution in [-0.2, 0) is 10.2 Å². The fourth-order valence-corrected chi connectivity index (χ4v) is 2.26. The van der Waals surface area contributed by atoms with Crippen LogP contribution in [0.25, 0.3) is 11.1 Å². The van der Waals surface area contributed by atoms with E-state index < -0.39 is 5.41 Å². The maximum absolute atomic E-state index is 12.4. The third-order valence-electron chi connectivity index (χ3n) is 3.84. The first-order chi connectivity index (χ1) is 10.4. The molecule has 1 amide bonds. The number of nitrogens with one attached hydrogen (secondary N) is 1. The maximum Gasteiger partial charge on any atom is 0.230 e. The zero-order valence-corrected chi connectivity index (χ0v) is 13.8. The number of benzene rings is 1. The van der Waals surface area contributed by atoms with Crippen molar-refractivity contribution in [3.8, 4) is 11.1 Å². The van der Waals surface area contributed by atoms with Crippen molar-refractivity contribution in [1.29, 1.82) is 0 Å². The summed E-state index contributed by atoms with van der Waals surface area (Å²) in [7, 11) is 0. The number of carbonyl (C=O) groups is 1. The Labute approximate surface area is 132 Å². The summed E-state index contributed by atoms with van der Waals surface area (Å²) in [6.45, 7) is 8.81. The Bertz CT molecular complexity index is 616. The van der Waals surface area contributed by atoms with Crippen LogP contribution < -0.4 is 5.32 Å². The van der Waals surface area contributed by atoms with Crippen LogP contribution >= 0.6 is 0 Å². The van der Waals surface area contributed by atoms with E-state index in [-0.39, 0.29) is 5.91 Å². The van der Waals surface area contributed by atoms with Gasteiger partial charge in [-0.15, -0.1) is 0 Å². The summed E-state index contributed by atoms with van der Waals surface area (Å²) >= 11 is 0. The highest BCUT2D eigenvalue weighted by Crippen LogP contribution is 2.26. The fourth-order valence-electron chi connectivity index (χ4n) is 2.26. The molecule has 0 atom stereocenters. The number of rotatable bonds is 5. The van der Waals surface area contributed by atoms with Gasteiger partial charge in [0.1, 0.15) is 0 Å². The predicted molar refractivity (Wildman–Crippen MR) is 90.5 cm³/mol. The highest BCUT2D eigenvalue weighted by atomic mass is 16.2. The summed E-state index contributed by atoms with van der Waals surface area (Å²) in [5, 5.41) is 3.02. The maximum atomic E-state index is 12.4. The van der Waals surface area contributed by atoms with Crippen molar-refractivity contribution in [1.82, 2.24) is 10.3 Å². The molecule has 0 aliphatic rings. The molecule has 2 aromatic rings. The van der Waals surface area contributed by atoms with Gasteiger partial charge >= 0.3 is 0 Å². The van der Waals surface area contributed by atoms with Crippen molar-refractivity contribution in [2.45, 2.75) is 33.1 Å². The number of pyridine rings is 1. The minimum Gasteiger partial charge on any atom is -0.355 e. The SMILES string of the molecule is CC(C)CNC(=O)C(C)(C)c1ccc(-c2cccnc2)cc1. The number of hydrogen-bond donors (Lipinski definition) is 1. The van der Waals surface area contributed by atoms with E-state index >= 15 is 0 Å². The second-order valence-electron chi connectivity index (χ2n) is 6.55. The zero-order valence-electron chi connectivity index (χ0n) is 13.8. The average molecular weight is 296 g/mol. The molecular weight excluding hydrogens is 272 g/mol. The zero-order chi connectivity index (χ0) is 16.2. The van der Waals surface area contributed by atoms with Crippen LogP contribution in [-0.4, -0.2) is 17.4 Å². The van der Waals surface area contributed by atoms with Gasteiger partial charge in [0.2, 0.25) is 5.91 Å². The minimum absolute atomic E-state index is 0.0651. The van der Waals surface area contributed by atoms with Gasteiger partial charge in [-0.05, 0) is 42.5 Å². The number of nitrogens with zero attached hydrogens (tertiary/aromatic N) is 1. The molecular formula is C19H24N2O. The van der Waals surface area contributed by atoms with Gasteiger partial charge in [-0.2, -0.15) is 0 Å². The van der Waals surface area contributed by atoms with Gasteiger partial charge in [-0.25, -0.2) is 0 Å². The number of aromatic nitrogens is 1. The van der Waals surface area contributed by atoms with Gasteiger partial charge in [0.25, 0.3) is 0 Å². The van der Waals surface area contributed by atoms with E-state index in [1.165, 1.54) is 0 Å². The Hall–Kier alpha value is -2.16. The first-order valence-corrected chi connectivity index (χ1v) is 7.70. The van der Waals surface area contributed by atoms with E-state index in [0.717, 1.165) is 16.7 Å². The third kappa shape index (κ3) is 3.73. The summed E-state index contributed by atoms with van der Waals surface area (Å²) in [4.78, 5) is 16.5. The third-order valence-corrected chi connectivity index (χ3v) is 3.84. The molecule has 0 unspecified atom stereocenters. The van der Waals surface area contributed by atoms with Crippen molar-refractivity contribution in [2.24, 2.45) is 5.92 Å². The molecule has 1 heterocycles. The van der Waals surface area contributed by atoms with Crippen LogP contribution in [0, 0.1) is 5.92 Å². The lowest BCUT2D eigenvalue weighted by Gasteiger charge is -2.25. The molecule has 1 aromatic carbocycles. The molecule has 2 rings (SSSR count). The molecule has 0 spiro atoms. The van der Waals surface area contributed by atoms with Crippen LogP contribution in [0.1, 0.15) is 33.3 Å². The largest absolute Gasteiger partial charge is 0.355 e. The molecule has 0 radical (unpaired) electrons. The Kier molecular flexibility index (Phi) is 4.96. The van der Waals surface area contributed by atoms with Crippen molar-refractivity contribution in [3.63, 3.8) is 0 Å². The molecule has 0 bridgehead atoms. The molecule has 0 saturated carbocycles. The Morgan fingerprint density at radius 1 is 1.14 bits per heavy atom. The van der Waals surface area contributed by atoms with Crippen LogP contribution in [0.4, 0.5) is 0 Å². The molecule has 1 N–H and O–H groups in total. The van der Waals surface area contributed by atoms with E-state index in [2.05, 4.69) is 24.1 Å². The van der Waals surface area contributed by atoms with Gasteiger partial charge in [0.05, 0.1) is 5.41 Å².